The number of anilines is 2. The molecule has 0 N–H and O–H groups in total. The second-order valence-corrected chi connectivity index (χ2v) is 7.23. The number of fused-ring (bicyclic) bond motifs is 1. The first-order valence-electron chi connectivity index (χ1n) is 11.5. The van der Waals surface area contributed by atoms with E-state index >= 15 is 0 Å². The average Bonchev–Trinajstić information content (AvgIpc) is 2.86. The van der Waals surface area contributed by atoms with Gasteiger partial charge in [0.25, 0.3) is 5.91 Å². The Morgan fingerprint density at radius 1 is 1.06 bits per heavy atom. The number of rotatable bonds is 2. The van der Waals surface area contributed by atoms with E-state index in [1.165, 1.54) is 4.90 Å². The Hall–Kier alpha value is -2.68. The standard InChI is InChI=1S/C20H21F3N4O2.2C2H6/c1-13-6-7-27(16-5-3-2-4-14(13)16)19-24-12-15(17(25-19)20(21,22)23)18(28)26-8-10-29-11-9-26;2*1-2/h2-5,12-13H,6-11H2,1H3;2*1-2H3. The highest BCUT2D eigenvalue weighted by molar-refractivity contribution is 5.95. The van der Waals surface area contributed by atoms with Crippen molar-refractivity contribution in [3.05, 3.63) is 47.3 Å². The molecule has 1 aromatic carbocycles. The zero-order valence-electron chi connectivity index (χ0n) is 19.9. The Labute approximate surface area is 193 Å². The lowest BCUT2D eigenvalue weighted by Gasteiger charge is -2.33. The second-order valence-electron chi connectivity index (χ2n) is 7.23. The van der Waals surface area contributed by atoms with Crippen molar-refractivity contribution in [2.24, 2.45) is 0 Å². The molecule has 3 heterocycles. The molecule has 1 aromatic heterocycles. The molecule has 1 unspecified atom stereocenters. The van der Waals surface area contributed by atoms with Crippen LogP contribution in [0.1, 0.15) is 68.6 Å². The number of benzene rings is 1. The molecule has 1 fully saturated rings. The summed E-state index contributed by atoms with van der Waals surface area (Å²) in [4.78, 5) is 23.7. The number of para-hydroxylation sites is 1. The van der Waals surface area contributed by atoms with E-state index in [0.29, 0.717) is 25.7 Å². The predicted octanol–water partition coefficient (Wildman–Crippen LogP) is 5.67. The van der Waals surface area contributed by atoms with Crippen molar-refractivity contribution in [3.8, 4) is 0 Å². The first kappa shape index (κ1) is 26.6. The molecule has 2 aliphatic heterocycles. The molecular weight excluding hydrogens is 433 g/mol. The summed E-state index contributed by atoms with van der Waals surface area (Å²) >= 11 is 0. The van der Waals surface area contributed by atoms with Crippen molar-refractivity contribution in [2.75, 3.05) is 37.7 Å². The number of hydrogen-bond acceptors (Lipinski definition) is 5. The zero-order valence-corrected chi connectivity index (χ0v) is 19.9. The van der Waals surface area contributed by atoms with Gasteiger partial charge in [0.15, 0.2) is 5.69 Å². The summed E-state index contributed by atoms with van der Waals surface area (Å²) in [6.45, 7) is 11.7. The average molecular weight is 467 g/mol. The van der Waals surface area contributed by atoms with Gasteiger partial charge in [-0.25, -0.2) is 9.97 Å². The minimum absolute atomic E-state index is 0.0461. The number of hydrogen-bond donors (Lipinski definition) is 0. The van der Waals surface area contributed by atoms with Crippen molar-refractivity contribution < 1.29 is 22.7 Å². The van der Waals surface area contributed by atoms with Crippen LogP contribution in [-0.2, 0) is 10.9 Å². The number of alkyl halides is 3. The molecule has 0 aliphatic carbocycles. The third kappa shape index (κ3) is 6.01. The van der Waals surface area contributed by atoms with Crippen LogP contribution in [0.2, 0.25) is 0 Å². The molecule has 1 saturated heterocycles. The smallest absolute Gasteiger partial charge is 0.378 e. The van der Waals surface area contributed by atoms with Gasteiger partial charge in [0.1, 0.15) is 0 Å². The van der Waals surface area contributed by atoms with Crippen LogP contribution >= 0.6 is 0 Å². The first-order valence-corrected chi connectivity index (χ1v) is 11.5. The van der Waals surface area contributed by atoms with E-state index in [9.17, 15) is 18.0 Å². The lowest BCUT2D eigenvalue weighted by atomic mass is 9.92. The van der Waals surface area contributed by atoms with Crippen LogP contribution in [-0.4, -0.2) is 53.6 Å². The maximum atomic E-state index is 13.8. The number of amides is 1. The molecule has 1 atom stereocenters. The van der Waals surface area contributed by atoms with Crippen LogP contribution < -0.4 is 4.90 Å². The Morgan fingerprint density at radius 3 is 2.33 bits per heavy atom. The molecule has 1 amide bonds. The molecule has 9 heteroatoms. The van der Waals surface area contributed by atoms with Crippen LogP contribution in [0.25, 0.3) is 0 Å². The fraction of sp³-hybridized carbons (Fsp3) is 0.542. The summed E-state index contributed by atoms with van der Waals surface area (Å²) in [6, 6.07) is 7.57. The van der Waals surface area contributed by atoms with Gasteiger partial charge in [-0.3, -0.25) is 4.79 Å². The fourth-order valence-corrected chi connectivity index (χ4v) is 3.77. The molecular formula is C24H33F3N4O2. The highest BCUT2D eigenvalue weighted by Gasteiger charge is 2.40. The summed E-state index contributed by atoms with van der Waals surface area (Å²) < 4.78 is 46.5. The van der Waals surface area contributed by atoms with Crippen LogP contribution in [0.4, 0.5) is 24.8 Å². The van der Waals surface area contributed by atoms with Gasteiger partial charge < -0.3 is 14.5 Å². The lowest BCUT2D eigenvalue weighted by molar-refractivity contribution is -0.141. The van der Waals surface area contributed by atoms with Crippen molar-refractivity contribution in [1.82, 2.24) is 14.9 Å². The third-order valence-corrected chi connectivity index (χ3v) is 5.36. The molecule has 0 bridgehead atoms. The van der Waals surface area contributed by atoms with Gasteiger partial charge in [0.05, 0.1) is 18.8 Å². The Balaban J connectivity index is 0.000000914. The van der Waals surface area contributed by atoms with Crippen LogP contribution in [0.15, 0.2) is 30.5 Å². The van der Waals surface area contributed by atoms with Gasteiger partial charge in [0.2, 0.25) is 5.95 Å². The number of morpholine rings is 1. The van der Waals surface area contributed by atoms with E-state index in [4.69, 9.17) is 4.74 Å². The van der Waals surface area contributed by atoms with Gasteiger partial charge in [-0.05, 0) is 24.0 Å². The molecule has 6 nitrogen and oxygen atoms in total. The molecule has 0 spiro atoms. The van der Waals surface area contributed by atoms with Gasteiger partial charge in [-0.2, -0.15) is 13.2 Å². The SMILES string of the molecule is CC.CC.CC1CCN(c2ncc(C(=O)N3CCOCC3)c(C(F)(F)F)n2)c2ccccc21. The van der Waals surface area contributed by atoms with Gasteiger partial charge in [0, 0.05) is 31.5 Å². The zero-order chi connectivity index (χ0) is 24.6. The van der Waals surface area contributed by atoms with Gasteiger partial charge in [-0.15, -0.1) is 0 Å². The van der Waals surface area contributed by atoms with Crippen molar-refractivity contribution in [1.29, 1.82) is 0 Å². The van der Waals surface area contributed by atoms with Crippen molar-refractivity contribution in [3.63, 3.8) is 0 Å². The maximum absolute atomic E-state index is 13.8. The summed E-state index contributed by atoms with van der Waals surface area (Å²) in [5, 5.41) is 0. The number of ether oxygens (including phenoxy) is 1. The van der Waals surface area contributed by atoms with Gasteiger partial charge in [-0.1, -0.05) is 52.8 Å². The molecule has 2 aromatic rings. The van der Waals surface area contributed by atoms with Crippen LogP contribution in [0.3, 0.4) is 0 Å². The highest BCUT2D eigenvalue weighted by Crippen LogP contribution is 2.39. The van der Waals surface area contributed by atoms with Gasteiger partial charge >= 0.3 is 6.18 Å². The Kier molecular flexibility index (Phi) is 9.64. The minimum atomic E-state index is -4.77. The Bertz CT molecular complexity index is 915. The molecule has 33 heavy (non-hydrogen) atoms. The summed E-state index contributed by atoms with van der Waals surface area (Å²) in [6.07, 6.45) is -2.99. The summed E-state index contributed by atoms with van der Waals surface area (Å²) in [5.74, 6) is -0.471. The Morgan fingerprint density at radius 2 is 1.70 bits per heavy atom. The van der Waals surface area contributed by atoms with E-state index in [1.807, 2.05) is 52.0 Å². The third-order valence-electron chi connectivity index (χ3n) is 5.36. The van der Waals surface area contributed by atoms with E-state index in [-0.39, 0.29) is 19.0 Å². The normalized spacial score (nSPS) is 17.8. The van der Waals surface area contributed by atoms with E-state index in [1.54, 1.807) is 4.90 Å². The quantitative estimate of drug-likeness (QED) is 0.571. The number of halogens is 3. The lowest BCUT2D eigenvalue weighted by Crippen LogP contribution is -2.41. The first-order chi connectivity index (χ1) is 15.9. The highest BCUT2D eigenvalue weighted by atomic mass is 19.4. The molecule has 182 valence electrons. The number of carbonyl (C=O) groups excluding carboxylic acids is 1. The summed E-state index contributed by atoms with van der Waals surface area (Å²) in [7, 11) is 0. The summed E-state index contributed by atoms with van der Waals surface area (Å²) in [5.41, 5.74) is 0.118. The molecule has 4 rings (SSSR count). The number of aromatic nitrogens is 2. The number of nitrogens with zero attached hydrogens (tertiary/aromatic N) is 4. The predicted molar refractivity (Wildman–Crippen MR) is 123 cm³/mol. The van der Waals surface area contributed by atoms with Crippen molar-refractivity contribution >= 4 is 17.5 Å². The van der Waals surface area contributed by atoms with Crippen LogP contribution in [0.5, 0.6) is 0 Å². The minimum Gasteiger partial charge on any atom is -0.378 e. The van der Waals surface area contributed by atoms with E-state index in [0.717, 1.165) is 23.9 Å². The number of carbonyl (C=O) groups is 1. The van der Waals surface area contributed by atoms with E-state index in [2.05, 4.69) is 16.9 Å². The monoisotopic (exact) mass is 466 g/mol. The fourth-order valence-electron chi connectivity index (χ4n) is 3.77. The van der Waals surface area contributed by atoms with Crippen molar-refractivity contribution in [2.45, 2.75) is 53.1 Å². The van der Waals surface area contributed by atoms with E-state index < -0.39 is 23.3 Å². The molecule has 2 aliphatic rings. The second kappa shape index (κ2) is 12.0. The largest absolute Gasteiger partial charge is 0.434 e. The maximum Gasteiger partial charge on any atom is 0.434 e. The topological polar surface area (TPSA) is 58.6 Å². The molecule has 0 radical (unpaired) electrons. The molecule has 0 saturated carbocycles. The van der Waals surface area contributed by atoms with Crippen LogP contribution in [0, 0.1) is 0 Å².